The lowest BCUT2D eigenvalue weighted by molar-refractivity contribution is 0.126. The zero-order chi connectivity index (χ0) is 9.94. The van der Waals surface area contributed by atoms with Gasteiger partial charge in [-0.3, -0.25) is 0 Å². The predicted octanol–water partition coefficient (Wildman–Crippen LogP) is 1.26. The molecule has 0 bridgehead atoms. The fourth-order valence-corrected chi connectivity index (χ4v) is 1.15. The first-order chi connectivity index (χ1) is 6.31. The minimum atomic E-state index is 0.264. The molecule has 0 aliphatic carbocycles. The number of hydrogen-bond acceptors (Lipinski definition) is 3. The highest BCUT2D eigenvalue weighted by Gasteiger charge is 1.99. The van der Waals surface area contributed by atoms with Crippen LogP contribution in [0.4, 0.5) is 0 Å². The molecule has 80 valence electrons. The Bertz CT molecular complexity index is 98.9. The molecule has 3 heteroatoms. The normalized spacial score (nSPS) is 13.2. The molecule has 4 N–H and O–H groups in total. The van der Waals surface area contributed by atoms with Crippen LogP contribution in [0.15, 0.2) is 0 Å². The van der Waals surface area contributed by atoms with Gasteiger partial charge in [-0.15, -0.1) is 0 Å². The summed E-state index contributed by atoms with van der Waals surface area (Å²) in [4.78, 5) is 0. The SMILES string of the molecule is CCCCOCCCC(N)CCN. The van der Waals surface area contributed by atoms with Crippen molar-refractivity contribution in [1.82, 2.24) is 0 Å². The topological polar surface area (TPSA) is 61.3 Å². The second kappa shape index (κ2) is 9.96. The third-order valence-corrected chi connectivity index (χ3v) is 2.04. The fourth-order valence-electron chi connectivity index (χ4n) is 1.15. The summed E-state index contributed by atoms with van der Waals surface area (Å²) < 4.78 is 5.42. The summed E-state index contributed by atoms with van der Waals surface area (Å²) in [5.41, 5.74) is 11.2. The molecule has 0 aromatic carbocycles. The molecule has 0 aromatic heterocycles. The first-order valence-electron chi connectivity index (χ1n) is 5.34. The summed E-state index contributed by atoms with van der Waals surface area (Å²) in [5.74, 6) is 0. The number of rotatable bonds is 9. The van der Waals surface area contributed by atoms with Gasteiger partial charge in [-0.1, -0.05) is 13.3 Å². The number of unbranched alkanes of at least 4 members (excludes halogenated alkanes) is 1. The highest BCUT2D eigenvalue weighted by Crippen LogP contribution is 1.99. The Kier molecular flexibility index (Phi) is 9.87. The second-order valence-corrected chi connectivity index (χ2v) is 3.45. The van der Waals surface area contributed by atoms with E-state index in [1.807, 2.05) is 0 Å². The van der Waals surface area contributed by atoms with E-state index in [0.717, 1.165) is 38.9 Å². The molecule has 0 heterocycles. The first-order valence-corrected chi connectivity index (χ1v) is 5.34. The van der Waals surface area contributed by atoms with Gasteiger partial charge >= 0.3 is 0 Å². The van der Waals surface area contributed by atoms with Gasteiger partial charge in [0.1, 0.15) is 0 Å². The van der Waals surface area contributed by atoms with Gasteiger partial charge in [0, 0.05) is 19.3 Å². The van der Waals surface area contributed by atoms with Gasteiger partial charge in [-0.2, -0.15) is 0 Å². The van der Waals surface area contributed by atoms with Gasteiger partial charge < -0.3 is 16.2 Å². The highest BCUT2D eigenvalue weighted by atomic mass is 16.5. The van der Waals surface area contributed by atoms with Gasteiger partial charge in [0.15, 0.2) is 0 Å². The summed E-state index contributed by atoms with van der Waals surface area (Å²) in [7, 11) is 0. The van der Waals surface area contributed by atoms with Crippen LogP contribution in [0.1, 0.15) is 39.0 Å². The average Bonchev–Trinajstić information content (AvgIpc) is 2.11. The van der Waals surface area contributed by atoms with Crippen LogP contribution < -0.4 is 11.5 Å². The summed E-state index contributed by atoms with van der Waals surface area (Å²) in [5, 5.41) is 0. The third-order valence-electron chi connectivity index (χ3n) is 2.04. The van der Waals surface area contributed by atoms with Crippen LogP contribution in [0, 0.1) is 0 Å². The minimum Gasteiger partial charge on any atom is -0.381 e. The molecule has 3 nitrogen and oxygen atoms in total. The van der Waals surface area contributed by atoms with Crippen LogP contribution in [-0.2, 0) is 4.74 Å². The summed E-state index contributed by atoms with van der Waals surface area (Å²) in [6, 6.07) is 0.264. The van der Waals surface area contributed by atoms with Crippen molar-refractivity contribution in [2.45, 2.75) is 45.1 Å². The van der Waals surface area contributed by atoms with Crippen molar-refractivity contribution in [1.29, 1.82) is 0 Å². The lowest BCUT2D eigenvalue weighted by atomic mass is 10.1. The van der Waals surface area contributed by atoms with Gasteiger partial charge in [-0.25, -0.2) is 0 Å². The number of ether oxygens (including phenoxy) is 1. The van der Waals surface area contributed by atoms with Crippen LogP contribution in [0.25, 0.3) is 0 Å². The van der Waals surface area contributed by atoms with Crippen LogP contribution in [0.5, 0.6) is 0 Å². The van der Waals surface area contributed by atoms with Crippen molar-refractivity contribution in [2.24, 2.45) is 11.5 Å². The third kappa shape index (κ3) is 9.80. The molecule has 0 spiro atoms. The maximum absolute atomic E-state index is 5.79. The first kappa shape index (κ1) is 12.9. The fraction of sp³-hybridized carbons (Fsp3) is 1.00. The van der Waals surface area contributed by atoms with Gasteiger partial charge in [0.2, 0.25) is 0 Å². The summed E-state index contributed by atoms with van der Waals surface area (Å²) in [6.45, 7) is 4.60. The molecule has 13 heavy (non-hydrogen) atoms. The summed E-state index contributed by atoms with van der Waals surface area (Å²) >= 11 is 0. The molecular weight excluding hydrogens is 164 g/mol. The van der Waals surface area contributed by atoms with E-state index in [1.54, 1.807) is 0 Å². The van der Waals surface area contributed by atoms with Crippen molar-refractivity contribution in [3.8, 4) is 0 Å². The van der Waals surface area contributed by atoms with E-state index >= 15 is 0 Å². The Morgan fingerprint density at radius 1 is 1.15 bits per heavy atom. The maximum atomic E-state index is 5.79. The molecule has 0 radical (unpaired) electrons. The van der Waals surface area contributed by atoms with Crippen LogP contribution in [0.2, 0.25) is 0 Å². The molecule has 0 aromatic rings. The standard InChI is InChI=1S/C10H24N2O/c1-2-3-8-13-9-4-5-10(12)6-7-11/h10H,2-9,11-12H2,1H3. The zero-order valence-corrected chi connectivity index (χ0v) is 8.80. The minimum absolute atomic E-state index is 0.264. The van der Waals surface area contributed by atoms with E-state index in [4.69, 9.17) is 16.2 Å². The molecule has 0 saturated carbocycles. The molecule has 0 fully saturated rings. The van der Waals surface area contributed by atoms with E-state index in [0.29, 0.717) is 6.54 Å². The Hall–Kier alpha value is -0.120. The summed E-state index contributed by atoms with van der Waals surface area (Å²) in [6.07, 6.45) is 5.38. The van der Waals surface area contributed by atoms with Crippen LogP contribution >= 0.6 is 0 Å². The van der Waals surface area contributed by atoms with E-state index in [2.05, 4.69) is 6.92 Å². The van der Waals surface area contributed by atoms with E-state index < -0.39 is 0 Å². The van der Waals surface area contributed by atoms with E-state index in [1.165, 1.54) is 6.42 Å². The largest absolute Gasteiger partial charge is 0.381 e. The Morgan fingerprint density at radius 3 is 2.46 bits per heavy atom. The van der Waals surface area contributed by atoms with E-state index in [9.17, 15) is 0 Å². The van der Waals surface area contributed by atoms with E-state index in [-0.39, 0.29) is 6.04 Å². The Morgan fingerprint density at radius 2 is 1.85 bits per heavy atom. The Labute approximate surface area is 81.8 Å². The monoisotopic (exact) mass is 188 g/mol. The smallest absolute Gasteiger partial charge is 0.0466 e. The van der Waals surface area contributed by atoms with Gasteiger partial charge in [0.05, 0.1) is 0 Å². The number of hydrogen-bond donors (Lipinski definition) is 2. The molecule has 1 unspecified atom stereocenters. The van der Waals surface area contributed by atoms with Gasteiger partial charge in [0.25, 0.3) is 0 Å². The quantitative estimate of drug-likeness (QED) is 0.535. The maximum Gasteiger partial charge on any atom is 0.0466 e. The molecular formula is C10H24N2O. The number of nitrogens with two attached hydrogens (primary N) is 2. The molecule has 0 aliphatic heterocycles. The molecule has 1 atom stereocenters. The van der Waals surface area contributed by atoms with Crippen molar-refractivity contribution >= 4 is 0 Å². The van der Waals surface area contributed by atoms with Crippen LogP contribution in [-0.4, -0.2) is 25.8 Å². The van der Waals surface area contributed by atoms with Crippen molar-refractivity contribution < 1.29 is 4.74 Å². The Balaban J connectivity index is 2.97. The lowest BCUT2D eigenvalue weighted by Gasteiger charge is -2.09. The van der Waals surface area contributed by atoms with Crippen molar-refractivity contribution in [3.05, 3.63) is 0 Å². The zero-order valence-electron chi connectivity index (χ0n) is 8.80. The second-order valence-electron chi connectivity index (χ2n) is 3.45. The lowest BCUT2D eigenvalue weighted by Crippen LogP contribution is -2.23. The molecule has 0 saturated heterocycles. The highest BCUT2D eigenvalue weighted by molar-refractivity contribution is 4.60. The van der Waals surface area contributed by atoms with Crippen molar-refractivity contribution in [3.63, 3.8) is 0 Å². The molecule has 0 rings (SSSR count). The average molecular weight is 188 g/mol. The predicted molar refractivity (Wildman–Crippen MR) is 56.6 cm³/mol. The molecule has 0 aliphatic rings. The van der Waals surface area contributed by atoms with Crippen molar-refractivity contribution in [2.75, 3.05) is 19.8 Å². The molecule has 0 amide bonds. The van der Waals surface area contributed by atoms with Crippen LogP contribution in [0.3, 0.4) is 0 Å². The van der Waals surface area contributed by atoms with Gasteiger partial charge in [-0.05, 0) is 32.2 Å².